The number of H-pyrrole nitrogens is 1. The normalized spacial score (nSPS) is 24.2. The third kappa shape index (κ3) is 1.54. The number of nitrogens with one attached hydrogen (secondary N) is 1. The van der Waals surface area contributed by atoms with Gasteiger partial charge in [-0.1, -0.05) is 0 Å². The third-order valence-corrected chi connectivity index (χ3v) is 4.07. The van der Waals surface area contributed by atoms with E-state index in [9.17, 15) is 8.42 Å². The van der Waals surface area contributed by atoms with Crippen LogP contribution in [0.15, 0.2) is 17.6 Å². The molecule has 3 N–H and O–H groups in total. The van der Waals surface area contributed by atoms with Crippen LogP contribution in [0.2, 0.25) is 0 Å². The maximum absolute atomic E-state index is 11.8. The Morgan fingerprint density at radius 3 is 2.93 bits per heavy atom. The van der Waals surface area contributed by atoms with E-state index in [0.29, 0.717) is 19.5 Å². The second-order valence-electron chi connectivity index (χ2n) is 3.33. The first-order valence-corrected chi connectivity index (χ1v) is 5.79. The van der Waals surface area contributed by atoms with Crippen molar-refractivity contribution in [2.75, 3.05) is 13.1 Å². The van der Waals surface area contributed by atoms with Gasteiger partial charge in [-0.2, -0.15) is 4.31 Å². The van der Waals surface area contributed by atoms with Gasteiger partial charge < -0.3 is 10.7 Å². The fraction of sp³-hybridized carbons (Fsp3) is 0.571. The molecule has 1 saturated heterocycles. The van der Waals surface area contributed by atoms with Gasteiger partial charge in [-0.25, -0.2) is 13.4 Å². The number of rotatable bonds is 2. The molecule has 1 fully saturated rings. The highest BCUT2D eigenvalue weighted by Gasteiger charge is 2.31. The molecule has 78 valence electrons. The molecular formula is C7H12N4O2S. The van der Waals surface area contributed by atoms with Gasteiger partial charge in [0.1, 0.15) is 0 Å². The fourth-order valence-corrected chi connectivity index (χ4v) is 2.90. The van der Waals surface area contributed by atoms with E-state index < -0.39 is 10.0 Å². The lowest BCUT2D eigenvalue weighted by Gasteiger charge is -2.13. The predicted octanol–water partition coefficient (Wildman–Crippen LogP) is -0.869. The number of hydrogen-bond donors (Lipinski definition) is 2. The molecule has 14 heavy (non-hydrogen) atoms. The Morgan fingerprint density at radius 1 is 1.64 bits per heavy atom. The summed E-state index contributed by atoms with van der Waals surface area (Å²) >= 11 is 0. The predicted molar refractivity (Wildman–Crippen MR) is 49.9 cm³/mol. The average Bonchev–Trinajstić information content (AvgIpc) is 2.72. The molecule has 0 radical (unpaired) electrons. The van der Waals surface area contributed by atoms with Crippen LogP contribution in [0.4, 0.5) is 0 Å². The molecule has 0 aromatic carbocycles. The molecule has 0 bridgehead atoms. The Bertz CT molecular complexity index is 399. The zero-order valence-electron chi connectivity index (χ0n) is 7.55. The van der Waals surface area contributed by atoms with Crippen LogP contribution in [0.1, 0.15) is 6.42 Å². The van der Waals surface area contributed by atoms with Gasteiger partial charge in [-0.15, -0.1) is 0 Å². The maximum Gasteiger partial charge on any atom is 0.260 e. The maximum atomic E-state index is 11.8. The summed E-state index contributed by atoms with van der Waals surface area (Å²) in [6.07, 6.45) is 3.37. The van der Waals surface area contributed by atoms with Crippen molar-refractivity contribution in [3.63, 3.8) is 0 Å². The Morgan fingerprint density at radius 2 is 2.43 bits per heavy atom. The molecule has 1 atom stereocenters. The molecule has 2 heterocycles. The summed E-state index contributed by atoms with van der Waals surface area (Å²) in [5, 5.41) is 0.131. The summed E-state index contributed by atoms with van der Waals surface area (Å²) in [4.78, 5) is 6.27. The Labute approximate surface area is 82.2 Å². The molecule has 0 amide bonds. The van der Waals surface area contributed by atoms with Crippen molar-refractivity contribution in [3.05, 3.63) is 12.5 Å². The van der Waals surface area contributed by atoms with Gasteiger partial charge in [-0.3, -0.25) is 0 Å². The zero-order chi connectivity index (χ0) is 10.2. The molecule has 1 aliphatic rings. The number of imidazole rings is 1. The highest BCUT2D eigenvalue weighted by atomic mass is 32.2. The lowest BCUT2D eigenvalue weighted by atomic mass is 10.3. The average molecular weight is 216 g/mol. The number of hydrogen-bond acceptors (Lipinski definition) is 4. The van der Waals surface area contributed by atoms with Gasteiger partial charge in [0.25, 0.3) is 10.0 Å². The standard InChI is InChI=1S/C7H12N4O2S/c8-6-1-2-11(4-6)14(12,13)7-3-9-5-10-7/h3,5-6H,1-2,4,8H2,(H,9,10). The SMILES string of the molecule is NC1CCN(S(=O)(=O)c2cnc[nH]2)C1. The van der Waals surface area contributed by atoms with Gasteiger partial charge in [-0.05, 0) is 6.42 Å². The Kier molecular flexibility index (Phi) is 2.30. The number of nitrogens with two attached hydrogens (primary N) is 1. The van der Waals surface area contributed by atoms with Gasteiger partial charge in [0, 0.05) is 19.1 Å². The fourth-order valence-electron chi connectivity index (χ4n) is 1.50. The van der Waals surface area contributed by atoms with E-state index in [0.717, 1.165) is 0 Å². The summed E-state index contributed by atoms with van der Waals surface area (Å²) in [5.41, 5.74) is 5.64. The molecule has 7 heteroatoms. The summed E-state index contributed by atoms with van der Waals surface area (Å²) < 4.78 is 25.1. The lowest BCUT2D eigenvalue weighted by Crippen LogP contribution is -2.32. The van der Waals surface area contributed by atoms with Crippen LogP contribution >= 0.6 is 0 Å². The third-order valence-electron chi connectivity index (χ3n) is 2.28. The summed E-state index contributed by atoms with van der Waals surface area (Å²) in [5.74, 6) is 0. The van der Waals surface area contributed by atoms with Crippen LogP contribution in [-0.2, 0) is 10.0 Å². The van der Waals surface area contributed by atoms with Crippen LogP contribution in [0.5, 0.6) is 0 Å². The second kappa shape index (κ2) is 3.34. The minimum Gasteiger partial charge on any atom is -0.335 e. The number of nitrogens with zero attached hydrogens (tertiary/aromatic N) is 2. The molecule has 0 spiro atoms. The van der Waals surface area contributed by atoms with Crippen molar-refractivity contribution in [1.29, 1.82) is 0 Å². The van der Waals surface area contributed by atoms with E-state index in [4.69, 9.17) is 5.73 Å². The van der Waals surface area contributed by atoms with E-state index in [1.807, 2.05) is 0 Å². The highest BCUT2D eigenvalue weighted by Crippen LogP contribution is 2.17. The topological polar surface area (TPSA) is 92.1 Å². The molecular weight excluding hydrogens is 204 g/mol. The highest BCUT2D eigenvalue weighted by molar-refractivity contribution is 7.89. The van der Waals surface area contributed by atoms with E-state index in [1.165, 1.54) is 16.8 Å². The van der Waals surface area contributed by atoms with Crippen LogP contribution in [0.25, 0.3) is 0 Å². The molecule has 1 aromatic heterocycles. The van der Waals surface area contributed by atoms with Crippen molar-refractivity contribution in [3.8, 4) is 0 Å². The van der Waals surface area contributed by atoms with Crippen molar-refractivity contribution in [2.45, 2.75) is 17.5 Å². The van der Waals surface area contributed by atoms with Crippen LogP contribution in [0, 0.1) is 0 Å². The van der Waals surface area contributed by atoms with Crippen molar-refractivity contribution >= 4 is 10.0 Å². The minimum absolute atomic E-state index is 0.0484. The number of aromatic nitrogens is 2. The Hall–Kier alpha value is -0.920. The molecule has 0 saturated carbocycles. The second-order valence-corrected chi connectivity index (χ2v) is 5.23. The van der Waals surface area contributed by atoms with Gasteiger partial charge in [0.15, 0.2) is 5.03 Å². The van der Waals surface area contributed by atoms with E-state index in [-0.39, 0.29) is 11.1 Å². The number of aromatic amines is 1. The first-order valence-electron chi connectivity index (χ1n) is 4.35. The molecule has 1 aromatic rings. The monoisotopic (exact) mass is 216 g/mol. The summed E-state index contributed by atoms with van der Waals surface area (Å²) in [7, 11) is -3.39. The molecule has 0 aliphatic carbocycles. The van der Waals surface area contributed by atoms with Crippen LogP contribution < -0.4 is 5.73 Å². The van der Waals surface area contributed by atoms with Crippen molar-refractivity contribution < 1.29 is 8.42 Å². The van der Waals surface area contributed by atoms with Gasteiger partial charge in [0.05, 0.1) is 12.5 Å². The molecule has 1 unspecified atom stereocenters. The molecule has 1 aliphatic heterocycles. The first kappa shape index (κ1) is 9.63. The van der Waals surface area contributed by atoms with Gasteiger partial charge in [0.2, 0.25) is 0 Å². The Balaban J connectivity index is 2.26. The summed E-state index contributed by atoms with van der Waals surface area (Å²) in [6, 6.07) is -0.0484. The summed E-state index contributed by atoms with van der Waals surface area (Å²) in [6.45, 7) is 0.879. The van der Waals surface area contributed by atoms with E-state index in [1.54, 1.807) is 0 Å². The quantitative estimate of drug-likeness (QED) is 0.672. The van der Waals surface area contributed by atoms with Crippen molar-refractivity contribution in [1.82, 2.24) is 14.3 Å². The van der Waals surface area contributed by atoms with Crippen molar-refractivity contribution in [2.24, 2.45) is 5.73 Å². The van der Waals surface area contributed by atoms with E-state index in [2.05, 4.69) is 9.97 Å². The van der Waals surface area contributed by atoms with Crippen LogP contribution in [0.3, 0.4) is 0 Å². The lowest BCUT2D eigenvalue weighted by molar-refractivity contribution is 0.470. The van der Waals surface area contributed by atoms with Crippen LogP contribution in [-0.4, -0.2) is 41.8 Å². The minimum atomic E-state index is -3.39. The first-order chi connectivity index (χ1) is 6.60. The molecule has 6 nitrogen and oxygen atoms in total. The number of sulfonamides is 1. The molecule has 2 rings (SSSR count). The smallest absolute Gasteiger partial charge is 0.260 e. The van der Waals surface area contributed by atoms with Gasteiger partial charge >= 0.3 is 0 Å². The largest absolute Gasteiger partial charge is 0.335 e. The zero-order valence-corrected chi connectivity index (χ0v) is 8.37. The van der Waals surface area contributed by atoms with E-state index >= 15 is 0 Å².